The number of hydrogen-bond donors (Lipinski definition) is 2. The Morgan fingerprint density at radius 3 is 2.70 bits per heavy atom. The first-order valence-electron chi connectivity index (χ1n) is 6.38. The minimum absolute atomic E-state index is 0.0672. The summed E-state index contributed by atoms with van der Waals surface area (Å²) in [7, 11) is -2.25. The molecular formula is C13H17N3O3S. The van der Waals surface area contributed by atoms with Gasteiger partial charge in [-0.1, -0.05) is 0 Å². The molecule has 0 atom stereocenters. The largest absolute Gasteiger partial charge is 0.495 e. The Morgan fingerprint density at radius 2 is 2.10 bits per heavy atom. The number of piperidine rings is 1. The summed E-state index contributed by atoms with van der Waals surface area (Å²) in [6.07, 6.45) is 1.52. The van der Waals surface area contributed by atoms with E-state index in [1.807, 2.05) is 6.07 Å². The molecule has 0 unspecified atom stereocenters. The molecule has 0 aromatic heterocycles. The zero-order valence-electron chi connectivity index (χ0n) is 11.2. The maximum atomic E-state index is 12.4. The third-order valence-corrected chi connectivity index (χ3v) is 4.80. The molecule has 1 aliphatic rings. The van der Waals surface area contributed by atoms with Crippen LogP contribution in [-0.2, 0) is 10.0 Å². The van der Waals surface area contributed by atoms with Crippen LogP contribution in [-0.4, -0.2) is 34.7 Å². The van der Waals surface area contributed by atoms with Crippen molar-refractivity contribution in [3.05, 3.63) is 23.8 Å². The van der Waals surface area contributed by atoms with Gasteiger partial charge in [0, 0.05) is 6.04 Å². The molecule has 108 valence electrons. The van der Waals surface area contributed by atoms with Gasteiger partial charge in [-0.3, -0.25) is 0 Å². The van der Waals surface area contributed by atoms with E-state index in [0.717, 1.165) is 25.9 Å². The van der Waals surface area contributed by atoms with Gasteiger partial charge in [-0.2, -0.15) is 5.26 Å². The van der Waals surface area contributed by atoms with E-state index in [2.05, 4.69) is 10.0 Å². The first-order valence-corrected chi connectivity index (χ1v) is 7.86. The van der Waals surface area contributed by atoms with Gasteiger partial charge in [-0.25, -0.2) is 13.1 Å². The lowest BCUT2D eigenvalue weighted by Crippen LogP contribution is -2.42. The van der Waals surface area contributed by atoms with E-state index >= 15 is 0 Å². The minimum atomic E-state index is -3.64. The Labute approximate surface area is 118 Å². The van der Waals surface area contributed by atoms with Crippen molar-refractivity contribution in [3.63, 3.8) is 0 Å². The van der Waals surface area contributed by atoms with Crippen LogP contribution in [0.1, 0.15) is 18.4 Å². The van der Waals surface area contributed by atoms with E-state index in [-0.39, 0.29) is 16.7 Å². The summed E-state index contributed by atoms with van der Waals surface area (Å²) >= 11 is 0. The molecule has 1 saturated heterocycles. The Kier molecular flexibility index (Phi) is 4.60. The van der Waals surface area contributed by atoms with Gasteiger partial charge in [-0.15, -0.1) is 0 Å². The molecule has 7 heteroatoms. The minimum Gasteiger partial charge on any atom is -0.495 e. The quantitative estimate of drug-likeness (QED) is 0.848. The summed E-state index contributed by atoms with van der Waals surface area (Å²) in [4.78, 5) is 0.0672. The van der Waals surface area contributed by atoms with Gasteiger partial charge >= 0.3 is 0 Å². The zero-order chi connectivity index (χ0) is 14.6. The molecular weight excluding hydrogens is 278 g/mol. The molecule has 0 aliphatic carbocycles. The first-order chi connectivity index (χ1) is 9.56. The topological polar surface area (TPSA) is 91.2 Å². The molecule has 6 nitrogen and oxygen atoms in total. The van der Waals surface area contributed by atoms with Crippen molar-refractivity contribution in [2.45, 2.75) is 23.8 Å². The summed E-state index contributed by atoms with van der Waals surface area (Å²) in [5.41, 5.74) is 0.364. The number of benzene rings is 1. The average molecular weight is 295 g/mol. The Balaban J connectivity index is 2.26. The van der Waals surface area contributed by atoms with Gasteiger partial charge in [0.15, 0.2) is 0 Å². The van der Waals surface area contributed by atoms with Crippen molar-refractivity contribution in [1.29, 1.82) is 5.26 Å². The van der Waals surface area contributed by atoms with E-state index in [1.165, 1.54) is 25.3 Å². The molecule has 0 amide bonds. The number of sulfonamides is 1. The lowest BCUT2D eigenvalue weighted by Gasteiger charge is -2.23. The number of ether oxygens (including phenoxy) is 1. The number of nitriles is 1. The second-order valence-electron chi connectivity index (χ2n) is 4.62. The number of nitrogens with one attached hydrogen (secondary N) is 2. The molecule has 1 aromatic rings. The lowest BCUT2D eigenvalue weighted by atomic mass is 10.1. The highest BCUT2D eigenvalue weighted by molar-refractivity contribution is 7.89. The van der Waals surface area contributed by atoms with E-state index in [0.29, 0.717) is 5.56 Å². The van der Waals surface area contributed by atoms with Crippen molar-refractivity contribution < 1.29 is 13.2 Å². The molecule has 1 heterocycles. The van der Waals surface area contributed by atoms with Crippen molar-refractivity contribution in [3.8, 4) is 11.8 Å². The summed E-state index contributed by atoms with van der Waals surface area (Å²) in [6, 6.07) is 6.19. The third-order valence-electron chi connectivity index (χ3n) is 3.24. The predicted molar refractivity (Wildman–Crippen MR) is 73.9 cm³/mol. The molecule has 1 aromatic carbocycles. The molecule has 2 rings (SSSR count). The maximum Gasteiger partial charge on any atom is 0.244 e. The van der Waals surface area contributed by atoms with Crippen molar-refractivity contribution in [2.24, 2.45) is 0 Å². The number of nitrogens with zero attached hydrogens (tertiary/aromatic N) is 1. The molecule has 0 spiro atoms. The lowest BCUT2D eigenvalue weighted by molar-refractivity contribution is 0.399. The van der Waals surface area contributed by atoms with Gasteiger partial charge in [0.05, 0.1) is 18.7 Å². The molecule has 1 fully saturated rings. The second-order valence-corrected chi connectivity index (χ2v) is 6.31. The van der Waals surface area contributed by atoms with Gasteiger partial charge < -0.3 is 10.1 Å². The van der Waals surface area contributed by atoms with E-state index < -0.39 is 10.0 Å². The smallest absolute Gasteiger partial charge is 0.244 e. The highest BCUT2D eigenvalue weighted by Crippen LogP contribution is 2.25. The fraction of sp³-hybridized carbons (Fsp3) is 0.462. The van der Waals surface area contributed by atoms with Crippen molar-refractivity contribution >= 4 is 10.0 Å². The summed E-state index contributed by atoms with van der Waals surface area (Å²) < 4.78 is 32.5. The first kappa shape index (κ1) is 14.8. The Bertz CT molecular complexity index is 616. The Morgan fingerprint density at radius 1 is 1.40 bits per heavy atom. The normalized spacial score (nSPS) is 16.6. The van der Waals surface area contributed by atoms with Gasteiger partial charge in [0.1, 0.15) is 10.6 Å². The standard InChI is InChI=1S/C13H17N3O3S/c1-19-12-8-10(9-14)2-3-13(12)20(17,18)16-11-4-6-15-7-5-11/h2-3,8,11,15-16H,4-7H2,1H3. The van der Waals surface area contributed by atoms with Crippen LogP contribution < -0.4 is 14.8 Å². The molecule has 0 saturated carbocycles. The van der Waals surface area contributed by atoms with Crippen molar-refractivity contribution in [1.82, 2.24) is 10.0 Å². The molecule has 20 heavy (non-hydrogen) atoms. The van der Waals surface area contributed by atoms with Crippen LogP contribution in [0.15, 0.2) is 23.1 Å². The van der Waals surface area contributed by atoms with Crippen LogP contribution >= 0.6 is 0 Å². The number of methoxy groups -OCH3 is 1. The van der Waals surface area contributed by atoms with Crippen LogP contribution in [0.5, 0.6) is 5.75 Å². The molecule has 2 N–H and O–H groups in total. The molecule has 0 bridgehead atoms. The number of hydrogen-bond acceptors (Lipinski definition) is 5. The van der Waals surface area contributed by atoms with Gasteiger partial charge in [0.25, 0.3) is 0 Å². The van der Waals surface area contributed by atoms with E-state index in [9.17, 15) is 8.42 Å². The number of rotatable bonds is 4. The fourth-order valence-electron chi connectivity index (χ4n) is 2.18. The summed E-state index contributed by atoms with van der Waals surface area (Å²) in [6.45, 7) is 1.61. The van der Waals surface area contributed by atoms with Crippen LogP contribution in [0, 0.1) is 11.3 Å². The molecule has 0 radical (unpaired) electrons. The van der Waals surface area contributed by atoms with Gasteiger partial charge in [0.2, 0.25) is 10.0 Å². The highest BCUT2D eigenvalue weighted by atomic mass is 32.2. The van der Waals surface area contributed by atoms with Crippen LogP contribution in [0.3, 0.4) is 0 Å². The van der Waals surface area contributed by atoms with E-state index in [4.69, 9.17) is 10.00 Å². The van der Waals surface area contributed by atoms with Gasteiger partial charge in [-0.05, 0) is 44.1 Å². The summed E-state index contributed by atoms with van der Waals surface area (Å²) in [5, 5.41) is 12.0. The van der Waals surface area contributed by atoms with E-state index in [1.54, 1.807) is 0 Å². The maximum absolute atomic E-state index is 12.4. The van der Waals surface area contributed by atoms with Crippen molar-refractivity contribution in [2.75, 3.05) is 20.2 Å². The second kappa shape index (κ2) is 6.22. The fourth-order valence-corrected chi connectivity index (χ4v) is 3.64. The molecule has 1 aliphatic heterocycles. The SMILES string of the molecule is COc1cc(C#N)ccc1S(=O)(=O)NC1CCNCC1. The predicted octanol–water partition coefficient (Wildman–Crippen LogP) is 0.597. The Hall–Kier alpha value is -1.62. The average Bonchev–Trinajstić information content (AvgIpc) is 2.47. The monoisotopic (exact) mass is 295 g/mol. The van der Waals surface area contributed by atoms with Crippen LogP contribution in [0.25, 0.3) is 0 Å². The third kappa shape index (κ3) is 3.28. The highest BCUT2D eigenvalue weighted by Gasteiger charge is 2.24. The van der Waals surface area contributed by atoms with Crippen LogP contribution in [0.4, 0.5) is 0 Å². The summed E-state index contributed by atoms with van der Waals surface area (Å²) in [5.74, 6) is 0.186. The zero-order valence-corrected chi connectivity index (χ0v) is 12.0. The van der Waals surface area contributed by atoms with Crippen LogP contribution in [0.2, 0.25) is 0 Å².